The Morgan fingerprint density at radius 3 is 1.85 bits per heavy atom. The fourth-order valence-corrected chi connectivity index (χ4v) is 13.6. The van der Waals surface area contributed by atoms with Gasteiger partial charge in [-0.3, -0.25) is 57.5 Å². The van der Waals surface area contributed by atoms with E-state index in [9.17, 15) is 52.7 Å². The zero-order chi connectivity index (χ0) is 68.2. The maximum atomic E-state index is 15.2. The molecule has 3 N–H and O–H groups in total. The third kappa shape index (κ3) is 20.7. The summed E-state index contributed by atoms with van der Waals surface area (Å²) < 4.78 is 6.03. The predicted octanol–water partition coefficient (Wildman–Crippen LogP) is 3.68. The summed E-state index contributed by atoms with van der Waals surface area (Å²) in [6, 6.07) is -1.43. The van der Waals surface area contributed by atoms with Crippen molar-refractivity contribution in [1.82, 2.24) is 60.0 Å². The van der Waals surface area contributed by atoms with Crippen LogP contribution in [0.4, 0.5) is 0 Å². The molecule has 93 heavy (non-hydrogen) atoms. The molecular formula is C67H105ClN12O13. The maximum absolute atomic E-state index is 15.2. The van der Waals surface area contributed by atoms with Crippen molar-refractivity contribution in [2.45, 2.75) is 198 Å². The molecule has 3 aliphatic heterocycles. The second-order valence-electron chi connectivity index (χ2n) is 26.7. The first-order chi connectivity index (χ1) is 44.2. The van der Waals surface area contributed by atoms with Crippen LogP contribution in [0, 0.1) is 17.8 Å². The summed E-state index contributed by atoms with van der Waals surface area (Å²) in [5.41, 5.74) is 0. The fourth-order valence-electron chi connectivity index (χ4n) is 13.5. The van der Waals surface area contributed by atoms with Gasteiger partial charge in [0.2, 0.25) is 70.9 Å². The van der Waals surface area contributed by atoms with E-state index in [-0.39, 0.29) is 50.3 Å². The predicted molar refractivity (Wildman–Crippen MR) is 349 cm³/mol. The summed E-state index contributed by atoms with van der Waals surface area (Å²) in [7, 11) is 10.2. The fraction of sp³-hybridized carbons (Fsp3) is 0.731. The smallest absolute Gasteiger partial charge is 0.249 e. The first kappa shape index (κ1) is 75.0. The minimum absolute atomic E-state index is 0.0288. The average molecular weight is 1320 g/mol. The molecule has 0 aromatic heterocycles. The number of rotatable bonds is 9. The number of piperidine rings is 1. The number of fused-ring (bicyclic) bond motifs is 1. The zero-order valence-electron chi connectivity index (χ0n) is 56.8. The molecule has 3 heterocycles. The molecule has 2 aliphatic carbocycles. The summed E-state index contributed by atoms with van der Waals surface area (Å²) in [6.07, 6.45) is 12.8. The van der Waals surface area contributed by atoms with Crippen molar-refractivity contribution in [3.8, 4) is 5.75 Å². The maximum Gasteiger partial charge on any atom is 0.249 e. The van der Waals surface area contributed by atoms with Gasteiger partial charge in [-0.15, -0.1) is 0 Å². The van der Waals surface area contributed by atoms with Crippen LogP contribution in [0.2, 0.25) is 5.02 Å². The molecule has 1 aromatic carbocycles. The Morgan fingerprint density at radius 2 is 1.20 bits per heavy atom. The molecule has 0 radical (unpaired) electrons. The van der Waals surface area contributed by atoms with Gasteiger partial charge >= 0.3 is 0 Å². The number of nitrogens with zero attached hydrogens (tertiary/aromatic N) is 9. The first-order valence-corrected chi connectivity index (χ1v) is 34.2. The molecule has 6 rings (SSSR count). The van der Waals surface area contributed by atoms with Crippen LogP contribution in [0.25, 0.3) is 0 Å². The Balaban J connectivity index is 1.30. The van der Waals surface area contributed by atoms with Crippen LogP contribution in [0.5, 0.6) is 5.75 Å². The first-order valence-electron chi connectivity index (χ1n) is 33.9. The highest BCUT2D eigenvalue weighted by Gasteiger charge is 2.44. The van der Waals surface area contributed by atoms with Gasteiger partial charge in [0.05, 0.1) is 26.1 Å². The van der Waals surface area contributed by atoms with E-state index in [1.54, 1.807) is 43.1 Å². The Morgan fingerprint density at radius 1 is 0.591 bits per heavy atom. The lowest BCUT2D eigenvalue weighted by molar-refractivity contribution is -0.155. The number of halogens is 1. The molecule has 5 aliphatic rings. The van der Waals surface area contributed by atoms with E-state index in [0.717, 1.165) is 80.4 Å². The number of ether oxygens (including phenoxy) is 1. The van der Waals surface area contributed by atoms with E-state index in [0.29, 0.717) is 68.8 Å². The highest BCUT2D eigenvalue weighted by molar-refractivity contribution is 6.30. The van der Waals surface area contributed by atoms with Gasteiger partial charge in [0.25, 0.3) is 0 Å². The summed E-state index contributed by atoms with van der Waals surface area (Å²) in [5, 5.41) is 8.98. The molecule has 518 valence electrons. The number of likely N-dealkylation sites (N-methyl/N-ethyl adjacent to an activating group) is 7. The molecule has 25 nitrogen and oxygen atoms in total. The van der Waals surface area contributed by atoms with Crippen molar-refractivity contribution in [2.24, 2.45) is 17.8 Å². The third-order valence-electron chi connectivity index (χ3n) is 20.0. The number of amides is 12. The lowest BCUT2D eigenvalue weighted by Gasteiger charge is -2.41. The van der Waals surface area contributed by atoms with Crippen LogP contribution < -0.4 is 20.7 Å². The van der Waals surface area contributed by atoms with E-state index in [4.69, 9.17) is 16.3 Å². The van der Waals surface area contributed by atoms with Gasteiger partial charge in [-0.1, -0.05) is 83.2 Å². The van der Waals surface area contributed by atoms with Gasteiger partial charge < -0.3 is 64.8 Å². The number of hydrogen-bond acceptors (Lipinski definition) is 13. The van der Waals surface area contributed by atoms with Gasteiger partial charge in [0.1, 0.15) is 54.6 Å². The Kier molecular flexibility index (Phi) is 29.0. The highest BCUT2D eigenvalue weighted by Crippen LogP contribution is 2.32. The molecule has 3 saturated heterocycles. The van der Waals surface area contributed by atoms with Crippen molar-refractivity contribution < 1.29 is 62.3 Å². The lowest BCUT2D eigenvalue weighted by atomic mass is 9.82. The van der Waals surface area contributed by atoms with Gasteiger partial charge in [0, 0.05) is 87.0 Å². The third-order valence-corrected chi connectivity index (χ3v) is 20.2. The molecule has 5 fully saturated rings. The molecule has 0 unspecified atom stereocenters. The van der Waals surface area contributed by atoms with Gasteiger partial charge in [-0.25, -0.2) is 0 Å². The molecule has 2 saturated carbocycles. The molecule has 1 aromatic rings. The molecule has 8 atom stereocenters. The number of likely N-dealkylation sites (tertiary alicyclic amines) is 1. The van der Waals surface area contributed by atoms with Crippen LogP contribution in [0.3, 0.4) is 0 Å². The quantitative estimate of drug-likeness (QED) is 0.319. The summed E-state index contributed by atoms with van der Waals surface area (Å²) in [4.78, 5) is 185. The number of nitrogens with one attached hydrogen (secondary N) is 3. The lowest BCUT2D eigenvalue weighted by Crippen LogP contribution is -2.59. The van der Waals surface area contributed by atoms with Crippen LogP contribution in [0.15, 0.2) is 24.3 Å². The number of hydrogen-bond donors (Lipinski definition) is 3. The summed E-state index contributed by atoms with van der Waals surface area (Å²) >= 11 is 6.15. The van der Waals surface area contributed by atoms with Crippen molar-refractivity contribution in [3.05, 3.63) is 29.3 Å². The Bertz CT molecular complexity index is 2780. The number of carbonyl (C=O) groups is 12. The topological polar surface area (TPSA) is 279 Å². The minimum Gasteiger partial charge on any atom is -0.491 e. The van der Waals surface area contributed by atoms with Crippen molar-refractivity contribution in [1.29, 1.82) is 0 Å². The zero-order valence-corrected chi connectivity index (χ0v) is 57.6. The van der Waals surface area contributed by atoms with Crippen LogP contribution >= 0.6 is 11.6 Å². The molecule has 12 amide bonds. The van der Waals surface area contributed by atoms with E-state index >= 15 is 4.79 Å². The monoisotopic (exact) mass is 1320 g/mol. The van der Waals surface area contributed by atoms with Crippen LogP contribution in [0.1, 0.15) is 156 Å². The van der Waals surface area contributed by atoms with E-state index in [1.165, 1.54) is 78.6 Å². The van der Waals surface area contributed by atoms with Gasteiger partial charge in [0.15, 0.2) is 0 Å². The van der Waals surface area contributed by atoms with E-state index < -0.39 is 139 Å². The van der Waals surface area contributed by atoms with E-state index in [1.807, 2.05) is 6.92 Å². The van der Waals surface area contributed by atoms with Gasteiger partial charge in [-0.2, -0.15) is 0 Å². The number of benzene rings is 1. The SMILES string of the molecule is CC[C@H](C)[C@@H]1NC(=O)[C@H](C)N(C)C(=O)C[C@@H](C(=O)N2CCCCC2)N(C)C(=O)[C@H](C2CCCCC2)N(C)C(=O)CCCCNC(=O)[C@@H]2CCCN2C(=O)[C@H](COc2ccc(Cl)cc2)NC(=O)CN(C)C(=O)[C@H](CC2CCCCC2)N(C)C(=O)CN(C)C(=O)CN(C)C1=O. The molecule has 0 spiro atoms. The van der Waals surface area contributed by atoms with Crippen molar-refractivity contribution in [3.63, 3.8) is 0 Å². The Labute approximate surface area is 555 Å². The van der Waals surface area contributed by atoms with Crippen molar-refractivity contribution in [2.75, 3.05) is 102 Å². The average Bonchev–Trinajstić information content (AvgIpc) is 1.04. The highest BCUT2D eigenvalue weighted by atomic mass is 35.5. The van der Waals surface area contributed by atoms with Crippen molar-refractivity contribution >= 4 is 82.5 Å². The van der Waals surface area contributed by atoms with Gasteiger partial charge in [-0.05, 0) is 113 Å². The van der Waals surface area contributed by atoms with Crippen LogP contribution in [-0.4, -0.2) is 259 Å². The van der Waals surface area contributed by atoms with Crippen LogP contribution in [-0.2, 0) is 57.5 Å². The molecule has 0 bridgehead atoms. The normalized spacial score (nSPS) is 26.8. The van der Waals surface area contributed by atoms with E-state index in [2.05, 4.69) is 16.0 Å². The number of carbonyl (C=O) groups excluding carboxylic acids is 12. The standard InChI is InChI=1S/C67H105ClN12O13/c1-11-44(2)59-66(91)74(6)41-57(84)72(4)42-58(85)76(8)52(38-46-24-15-12-16-25-46)64(89)73(5)40-54(81)70-50(43-93-49-32-30-48(68)31-33-49)63(88)80-37-23-28-51(80)62(87)69-34-20-19-29-55(82)78(10)60(47-26-17-13-18-27-47)67(92)77(9)53(65(90)79-35-21-14-22-36-79)39-56(83)75(7)45(3)61(86)71-59/h30-33,44-47,50-53,59-60H,11-29,34-43H2,1-10H3,(H,69,87)(H,70,81)(H,71,86)/t44-,45-,50-,51-,52-,53-,59-,60-/m0/s1. The Hall–Kier alpha value is -7.05. The largest absolute Gasteiger partial charge is 0.491 e. The summed E-state index contributed by atoms with van der Waals surface area (Å²) in [5.74, 6) is -6.83. The summed E-state index contributed by atoms with van der Waals surface area (Å²) in [6.45, 7) is 4.50. The minimum atomic E-state index is -1.32. The molecular weight excluding hydrogens is 1220 g/mol. The second-order valence-corrected chi connectivity index (χ2v) is 27.1. The molecule has 26 heteroatoms. The second kappa shape index (κ2) is 36.0.